The lowest BCUT2D eigenvalue weighted by molar-refractivity contribution is 0.0149. The van der Waals surface area contributed by atoms with Gasteiger partial charge in [-0.25, -0.2) is 4.99 Å². The Morgan fingerprint density at radius 2 is 1.88 bits per heavy atom. The van der Waals surface area contributed by atoms with E-state index in [0.29, 0.717) is 0 Å². The molecule has 0 bridgehead atoms. The number of hydrogen-bond donors (Lipinski definition) is 0. The molecule has 2 aliphatic heterocycles. The van der Waals surface area contributed by atoms with Gasteiger partial charge >= 0.3 is 0 Å². The molecule has 1 saturated carbocycles. The fourth-order valence-corrected chi connectivity index (χ4v) is 3.58. The molecule has 2 heterocycles. The van der Waals surface area contributed by atoms with Crippen LogP contribution in [0, 0.1) is 25.7 Å². The van der Waals surface area contributed by atoms with Gasteiger partial charge in [0.1, 0.15) is 5.82 Å². The standard InChI is InChI=1S/C21H26N3/c1-14(2)21-20(18-10-5-15(3)6-11-18)22-19-12-7-16(4)23(24(19)21)13-17-8-9-17/h5-7,10-12,14,17,21H,1,8-9,13H2,2-4H3. The van der Waals surface area contributed by atoms with Crippen LogP contribution < -0.4 is 0 Å². The fourth-order valence-electron chi connectivity index (χ4n) is 3.58. The highest BCUT2D eigenvalue weighted by Crippen LogP contribution is 2.38. The molecule has 4 rings (SSSR count). The number of aliphatic imine (C=N–C) groups is 1. The SMILES string of the molecule is [CH2]C(C)C1C(c2ccc(C)cc2)=NC2=CC=C(C)N(CC3CC3)N21. The molecule has 1 fully saturated rings. The van der Waals surface area contributed by atoms with Crippen LogP contribution in [0.5, 0.6) is 0 Å². The molecule has 0 saturated heterocycles. The molecule has 3 nitrogen and oxygen atoms in total. The highest BCUT2D eigenvalue weighted by atomic mass is 15.7. The third-order valence-electron chi connectivity index (χ3n) is 5.17. The van der Waals surface area contributed by atoms with Gasteiger partial charge in [0.15, 0.2) is 0 Å². The summed E-state index contributed by atoms with van der Waals surface area (Å²) >= 11 is 0. The summed E-state index contributed by atoms with van der Waals surface area (Å²) in [6.07, 6.45) is 7.05. The first kappa shape index (κ1) is 15.5. The second-order valence-electron chi connectivity index (χ2n) is 7.49. The maximum Gasteiger partial charge on any atom is 0.148 e. The van der Waals surface area contributed by atoms with E-state index < -0.39 is 0 Å². The Labute approximate surface area is 145 Å². The van der Waals surface area contributed by atoms with E-state index in [1.165, 1.54) is 29.7 Å². The molecule has 3 heteroatoms. The third kappa shape index (κ3) is 2.66. The van der Waals surface area contributed by atoms with E-state index in [4.69, 9.17) is 4.99 Å². The van der Waals surface area contributed by atoms with Crippen molar-refractivity contribution in [1.29, 1.82) is 0 Å². The lowest BCUT2D eigenvalue weighted by atomic mass is 9.94. The number of benzene rings is 1. The summed E-state index contributed by atoms with van der Waals surface area (Å²) in [5.74, 6) is 2.14. The second kappa shape index (κ2) is 5.80. The molecule has 1 aromatic rings. The minimum atomic E-state index is 0.196. The number of rotatable bonds is 4. The normalized spacial score (nSPS) is 23.2. The zero-order chi connectivity index (χ0) is 16.8. The Balaban J connectivity index is 1.72. The predicted molar refractivity (Wildman–Crippen MR) is 99.1 cm³/mol. The molecule has 0 N–H and O–H groups in total. The smallest absolute Gasteiger partial charge is 0.148 e. The van der Waals surface area contributed by atoms with Crippen LogP contribution in [0.1, 0.15) is 37.8 Å². The monoisotopic (exact) mass is 320 g/mol. The molecule has 125 valence electrons. The topological polar surface area (TPSA) is 18.8 Å². The highest BCUT2D eigenvalue weighted by molar-refractivity contribution is 6.06. The van der Waals surface area contributed by atoms with Gasteiger partial charge in [-0.05, 0) is 63.2 Å². The van der Waals surface area contributed by atoms with Crippen LogP contribution >= 0.6 is 0 Å². The van der Waals surface area contributed by atoms with E-state index in [0.717, 1.165) is 24.0 Å². The number of nitrogens with zero attached hydrogens (tertiary/aromatic N) is 3. The van der Waals surface area contributed by atoms with E-state index >= 15 is 0 Å². The Hall–Kier alpha value is -2.03. The van der Waals surface area contributed by atoms with Crippen LogP contribution in [0.4, 0.5) is 0 Å². The van der Waals surface area contributed by atoms with Crippen LogP contribution in [0.15, 0.2) is 52.9 Å². The molecule has 2 atom stereocenters. The van der Waals surface area contributed by atoms with Crippen molar-refractivity contribution in [3.8, 4) is 0 Å². The lowest BCUT2D eigenvalue weighted by Gasteiger charge is -2.43. The van der Waals surface area contributed by atoms with Gasteiger partial charge in [0.2, 0.25) is 0 Å². The Morgan fingerprint density at radius 1 is 1.17 bits per heavy atom. The van der Waals surface area contributed by atoms with Crippen molar-refractivity contribution in [2.75, 3.05) is 6.54 Å². The molecule has 0 amide bonds. The van der Waals surface area contributed by atoms with Gasteiger partial charge in [0, 0.05) is 12.2 Å². The molecular formula is C21H26N3. The molecule has 1 radical (unpaired) electrons. The summed E-state index contributed by atoms with van der Waals surface area (Å²) in [6, 6.07) is 8.91. The van der Waals surface area contributed by atoms with Crippen LogP contribution in [0.2, 0.25) is 0 Å². The molecule has 1 aromatic carbocycles. The van der Waals surface area contributed by atoms with Crippen LogP contribution in [-0.4, -0.2) is 28.3 Å². The quantitative estimate of drug-likeness (QED) is 0.822. The van der Waals surface area contributed by atoms with Crippen molar-refractivity contribution in [3.05, 3.63) is 66.0 Å². The molecule has 3 aliphatic rings. The summed E-state index contributed by atoms with van der Waals surface area (Å²) in [7, 11) is 0. The Morgan fingerprint density at radius 3 is 2.50 bits per heavy atom. The van der Waals surface area contributed by atoms with Crippen LogP contribution in [0.3, 0.4) is 0 Å². The summed E-state index contributed by atoms with van der Waals surface area (Å²) < 4.78 is 0. The Bertz CT molecular complexity index is 720. The number of aryl methyl sites for hydroxylation is 1. The summed E-state index contributed by atoms with van der Waals surface area (Å²) in [5.41, 5.74) is 4.94. The van der Waals surface area contributed by atoms with E-state index in [2.05, 4.69) is 74.1 Å². The van der Waals surface area contributed by atoms with Gasteiger partial charge in [-0.2, -0.15) is 0 Å². The average molecular weight is 320 g/mol. The second-order valence-corrected chi connectivity index (χ2v) is 7.49. The third-order valence-corrected chi connectivity index (χ3v) is 5.17. The maximum atomic E-state index is 5.00. The predicted octanol–water partition coefficient (Wildman–Crippen LogP) is 4.32. The Kier molecular flexibility index (Phi) is 3.75. The number of hydrogen-bond acceptors (Lipinski definition) is 3. The molecule has 24 heavy (non-hydrogen) atoms. The van der Waals surface area contributed by atoms with E-state index in [1.807, 2.05) is 0 Å². The van der Waals surface area contributed by atoms with Crippen LogP contribution in [-0.2, 0) is 0 Å². The first-order valence-electron chi connectivity index (χ1n) is 8.98. The lowest BCUT2D eigenvalue weighted by Crippen LogP contribution is -2.50. The van der Waals surface area contributed by atoms with Gasteiger partial charge in [0.25, 0.3) is 0 Å². The number of fused-ring (bicyclic) bond motifs is 1. The largest absolute Gasteiger partial charge is 0.288 e. The van der Waals surface area contributed by atoms with Gasteiger partial charge in [-0.3, -0.25) is 10.0 Å². The van der Waals surface area contributed by atoms with Crippen molar-refractivity contribution in [2.24, 2.45) is 16.8 Å². The highest BCUT2D eigenvalue weighted by Gasteiger charge is 2.41. The van der Waals surface area contributed by atoms with E-state index in [1.54, 1.807) is 0 Å². The molecular weight excluding hydrogens is 294 g/mol. The first-order chi connectivity index (χ1) is 11.5. The van der Waals surface area contributed by atoms with Crippen molar-refractivity contribution in [3.63, 3.8) is 0 Å². The van der Waals surface area contributed by atoms with Gasteiger partial charge in [-0.15, -0.1) is 0 Å². The van der Waals surface area contributed by atoms with Crippen molar-refractivity contribution in [1.82, 2.24) is 10.0 Å². The molecule has 2 unspecified atom stereocenters. The minimum absolute atomic E-state index is 0.196. The van der Waals surface area contributed by atoms with Crippen molar-refractivity contribution < 1.29 is 0 Å². The number of allylic oxidation sites excluding steroid dienone is 3. The molecule has 0 spiro atoms. The fraction of sp³-hybridized carbons (Fsp3) is 0.429. The maximum absolute atomic E-state index is 5.00. The zero-order valence-electron chi connectivity index (χ0n) is 14.9. The van der Waals surface area contributed by atoms with Gasteiger partial charge in [-0.1, -0.05) is 36.8 Å². The summed E-state index contributed by atoms with van der Waals surface area (Å²) in [5, 5.41) is 4.82. The van der Waals surface area contributed by atoms with Gasteiger partial charge < -0.3 is 0 Å². The minimum Gasteiger partial charge on any atom is -0.288 e. The summed E-state index contributed by atoms with van der Waals surface area (Å²) in [4.78, 5) is 5.00. The van der Waals surface area contributed by atoms with Crippen molar-refractivity contribution in [2.45, 2.75) is 39.7 Å². The summed E-state index contributed by atoms with van der Waals surface area (Å²) in [6.45, 7) is 12.0. The van der Waals surface area contributed by atoms with Crippen molar-refractivity contribution >= 4 is 5.71 Å². The zero-order valence-corrected chi connectivity index (χ0v) is 14.9. The molecule has 0 aromatic heterocycles. The van der Waals surface area contributed by atoms with Gasteiger partial charge in [0.05, 0.1) is 11.8 Å². The number of hydrazine groups is 1. The van der Waals surface area contributed by atoms with Crippen LogP contribution in [0.25, 0.3) is 0 Å². The molecule has 1 aliphatic carbocycles. The van der Waals surface area contributed by atoms with E-state index in [-0.39, 0.29) is 12.0 Å². The van der Waals surface area contributed by atoms with E-state index in [9.17, 15) is 0 Å². The first-order valence-corrected chi connectivity index (χ1v) is 8.98. The average Bonchev–Trinajstić information content (AvgIpc) is 3.28.